The number of amides is 1. The van der Waals surface area contributed by atoms with E-state index in [0.717, 1.165) is 25.0 Å². The fourth-order valence-corrected chi connectivity index (χ4v) is 9.68. The van der Waals surface area contributed by atoms with Crippen molar-refractivity contribution < 1.29 is 9.22 Å². The molecule has 1 aromatic heterocycles. The average Bonchev–Trinajstić information content (AvgIpc) is 2.53. The molecule has 0 fully saturated rings. The molecule has 0 saturated carbocycles. The monoisotopic (exact) mass is 364 g/mol. The second-order valence-corrected chi connectivity index (χ2v) is 13.3. The van der Waals surface area contributed by atoms with Gasteiger partial charge >= 0.3 is 0 Å². The predicted molar refractivity (Wildman–Crippen MR) is 107 cm³/mol. The molecule has 5 heteroatoms. The van der Waals surface area contributed by atoms with Gasteiger partial charge in [0.2, 0.25) is 5.91 Å². The van der Waals surface area contributed by atoms with E-state index in [4.69, 9.17) is 4.43 Å². The quantitative estimate of drug-likeness (QED) is 0.457. The number of hydrogen-bond donors (Lipinski definition) is 1. The Morgan fingerprint density at radius 3 is 2.20 bits per heavy atom. The van der Waals surface area contributed by atoms with E-state index in [-0.39, 0.29) is 11.9 Å². The Kier molecular flexibility index (Phi) is 8.80. The molecule has 0 aliphatic carbocycles. The molecule has 0 bridgehead atoms. The van der Waals surface area contributed by atoms with E-state index >= 15 is 0 Å². The molecule has 0 aliphatic heterocycles. The van der Waals surface area contributed by atoms with Crippen LogP contribution in [-0.2, 0) is 9.22 Å². The lowest BCUT2D eigenvalue weighted by molar-refractivity contribution is -0.119. The van der Waals surface area contributed by atoms with Crippen LogP contribution in [0.2, 0.25) is 16.6 Å². The van der Waals surface area contributed by atoms with Gasteiger partial charge in [-0.05, 0) is 41.1 Å². The summed E-state index contributed by atoms with van der Waals surface area (Å²) in [6.07, 6.45) is 5.38. The maximum atomic E-state index is 11.5. The van der Waals surface area contributed by atoms with Gasteiger partial charge < -0.3 is 9.74 Å². The van der Waals surface area contributed by atoms with Crippen molar-refractivity contribution in [3.05, 3.63) is 30.1 Å². The lowest BCUT2D eigenvalue weighted by Gasteiger charge is -2.42. The summed E-state index contributed by atoms with van der Waals surface area (Å²) in [5, 5.41) is 3.04. The SMILES string of the molecule is CC(=O)N[C@@H](CCCO[Si](C(C)C)(C(C)C)C(C)C)c1cccnc1. The van der Waals surface area contributed by atoms with Crippen molar-refractivity contribution >= 4 is 14.2 Å². The first-order chi connectivity index (χ1) is 11.7. The maximum absolute atomic E-state index is 11.5. The number of carbonyl (C=O) groups excluding carboxylic acids is 1. The molecule has 1 atom stereocenters. The standard InChI is InChI=1S/C20H36N2O2Si/c1-15(2)25(16(3)4,17(5)6)24-13-9-11-20(22-18(7)23)19-10-8-12-21-14-19/h8,10,12,14-17,20H,9,11,13H2,1-7H3,(H,22,23)/t20-/m0/s1. The first-order valence-electron chi connectivity index (χ1n) is 9.52. The third-order valence-electron chi connectivity index (χ3n) is 5.16. The van der Waals surface area contributed by atoms with Crippen LogP contribution in [0.15, 0.2) is 24.5 Å². The molecular weight excluding hydrogens is 328 g/mol. The highest BCUT2D eigenvalue weighted by Crippen LogP contribution is 2.42. The molecular formula is C20H36N2O2Si. The highest BCUT2D eigenvalue weighted by Gasteiger charge is 2.44. The third-order valence-corrected chi connectivity index (χ3v) is 11.3. The van der Waals surface area contributed by atoms with Crippen LogP contribution >= 0.6 is 0 Å². The van der Waals surface area contributed by atoms with Crippen molar-refractivity contribution in [1.29, 1.82) is 0 Å². The summed E-state index contributed by atoms with van der Waals surface area (Å²) in [5.41, 5.74) is 2.84. The van der Waals surface area contributed by atoms with Gasteiger partial charge in [-0.3, -0.25) is 9.78 Å². The molecule has 0 aromatic carbocycles. The zero-order valence-electron chi connectivity index (χ0n) is 17.0. The molecule has 0 unspecified atom stereocenters. The van der Waals surface area contributed by atoms with Crippen LogP contribution in [-0.4, -0.2) is 25.8 Å². The Bertz CT molecular complexity index is 496. The summed E-state index contributed by atoms with van der Waals surface area (Å²) < 4.78 is 6.62. The Balaban J connectivity index is 2.70. The van der Waals surface area contributed by atoms with E-state index in [2.05, 4.69) is 51.8 Å². The molecule has 25 heavy (non-hydrogen) atoms. The fraction of sp³-hybridized carbons (Fsp3) is 0.700. The fourth-order valence-electron chi connectivity index (χ4n) is 4.19. The van der Waals surface area contributed by atoms with E-state index < -0.39 is 8.32 Å². The molecule has 4 nitrogen and oxygen atoms in total. The normalized spacial score (nSPS) is 13.5. The highest BCUT2D eigenvalue weighted by atomic mass is 28.4. The molecule has 1 amide bonds. The van der Waals surface area contributed by atoms with E-state index in [1.165, 1.54) is 0 Å². The summed E-state index contributed by atoms with van der Waals surface area (Å²) in [6.45, 7) is 16.2. The molecule has 142 valence electrons. The van der Waals surface area contributed by atoms with Crippen molar-refractivity contribution in [2.24, 2.45) is 0 Å². The van der Waals surface area contributed by atoms with Crippen LogP contribution in [0.5, 0.6) is 0 Å². The molecule has 0 aliphatic rings. The number of nitrogens with zero attached hydrogens (tertiary/aromatic N) is 1. The number of rotatable bonds is 10. The second-order valence-electron chi connectivity index (χ2n) is 7.85. The lowest BCUT2D eigenvalue weighted by atomic mass is 10.0. The summed E-state index contributed by atoms with van der Waals surface area (Å²) in [6, 6.07) is 3.93. The second kappa shape index (κ2) is 10.1. The third kappa shape index (κ3) is 5.92. The van der Waals surface area contributed by atoms with Gasteiger partial charge in [0.15, 0.2) is 8.32 Å². The number of carbonyl (C=O) groups is 1. The van der Waals surface area contributed by atoms with Crippen LogP contribution in [0.3, 0.4) is 0 Å². The zero-order chi connectivity index (χ0) is 19.0. The lowest BCUT2D eigenvalue weighted by Crippen LogP contribution is -2.48. The van der Waals surface area contributed by atoms with Crippen LogP contribution in [0.25, 0.3) is 0 Å². The van der Waals surface area contributed by atoms with Crippen molar-refractivity contribution in [1.82, 2.24) is 10.3 Å². The minimum Gasteiger partial charge on any atom is -0.416 e. The van der Waals surface area contributed by atoms with Crippen LogP contribution in [0, 0.1) is 0 Å². The number of pyridine rings is 1. The predicted octanol–water partition coefficient (Wildman–Crippen LogP) is 5.23. The van der Waals surface area contributed by atoms with Gasteiger partial charge in [-0.15, -0.1) is 0 Å². The van der Waals surface area contributed by atoms with Crippen molar-refractivity contribution in [2.45, 2.75) is 84.0 Å². The van der Waals surface area contributed by atoms with E-state index in [0.29, 0.717) is 16.6 Å². The molecule has 0 spiro atoms. The van der Waals surface area contributed by atoms with Crippen LogP contribution in [0.1, 0.15) is 72.9 Å². The Morgan fingerprint density at radius 2 is 1.76 bits per heavy atom. The van der Waals surface area contributed by atoms with Gasteiger partial charge in [-0.1, -0.05) is 47.6 Å². The summed E-state index contributed by atoms with van der Waals surface area (Å²) in [5.74, 6) is -0.00923. The average molecular weight is 365 g/mol. The topological polar surface area (TPSA) is 51.2 Å². The molecule has 0 radical (unpaired) electrons. The highest BCUT2D eigenvalue weighted by molar-refractivity contribution is 6.77. The van der Waals surface area contributed by atoms with Crippen LogP contribution in [0.4, 0.5) is 0 Å². The molecule has 1 rings (SSSR count). The van der Waals surface area contributed by atoms with Gasteiger partial charge in [0.1, 0.15) is 0 Å². The van der Waals surface area contributed by atoms with E-state index in [1.807, 2.05) is 18.3 Å². The first kappa shape index (κ1) is 21.8. The molecule has 1 heterocycles. The molecule has 0 saturated heterocycles. The van der Waals surface area contributed by atoms with Gasteiger partial charge in [-0.2, -0.15) is 0 Å². The van der Waals surface area contributed by atoms with Crippen molar-refractivity contribution in [3.8, 4) is 0 Å². The maximum Gasteiger partial charge on any atom is 0.217 e. The largest absolute Gasteiger partial charge is 0.416 e. The van der Waals surface area contributed by atoms with E-state index in [1.54, 1.807) is 13.1 Å². The number of hydrogen-bond acceptors (Lipinski definition) is 3. The zero-order valence-corrected chi connectivity index (χ0v) is 18.0. The summed E-state index contributed by atoms with van der Waals surface area (Å²) in [4.78, 5) is 15.7. The van der Waals surface area contributed by atoms with Gasteiger partial charge in [-0.25, -0.2) is 0 Å². The minimum absolute atomic E-state index is 0.00279. The number of nitrogens with one attached hydrogen (secondary N) is 1. The van der Waals surface area contributed by atoms with Crippen LogP contribution < -0.4 is 5.32 Å². The summed E-state index contributed by atoms with van der Waals surface area (Å²) >= 11 is 0. The van der Waals surface area contributed by atoms with Gasteiger partial charge in [0, 0.05) is 25.9 Å². The van der Waals surface area contributed by atoms with Crippen molar-refractivity contribution in [3.63, 3.8) is 0 Å². The van der Waals surface area contributed by atoms with E-state index in [9.17, 15) is 4.79 Å². The molecule has 1 N–H and O–H groups in total. The Morgan fingerprint density at radius 1 is 1.16 bits per heavy atom. The smallest absolute Gasteiger partial charge is 0.217 e. The van der Waals surface area contributed by atoms with Gasteiger partial charge in [0.25, 0.3) is 0 Å². The summed E-state index contributed by atoms with van der Waals surface area (Å²) in [7, 11) is -1.81. The van der Waals surface area contributed by atoms with Crippen molar-refractivity contribution in [2.75, 3.05) is 6.61 Å². The number of aromatic nitrogens is 1. The van der Waals surface area contributed by atoms with Gasteiger partial charge in [0.05, 0.1) is 6.04 Å². The minimum atomic E-state index is -1.81. The molecule has 1 aromatic rings. The first-order valence-corrected chi connectivity index (χ1v) is 11.7. The Hall–Kier alpha value is -1.20. The Labute approximate surface area is 154 Å².